The lowest BCUT2D eigenvalue weighted by Crippen LogP contribution is -2.41. The zero-order valence-electron chi connectivity index (χ0n) is 13.8. The van der Waals surface area contributed by atoms with Crippen LogP contribution in [0.3, 0.4) is 0 Å². The third-order valence-corrected chi connectivity index (χ3v) is 4.13. The summed E-state index contributed by atoms with van der Waals surface area (Å²) in [6.45, 7) is 4.18. The average molecular weight is 439 g/mol. The monoisotopic (exact) mass is 439 g/mol. The van der Waals surface area contributed by atoms with Gasteiger partial charge >= 0.3 is 0 Å². The molecule has 0 spiro atoms. The van der Waals surface area contributed by atoms with Gasteiger partial charge < -0.3 is 10.6 Å². The Labute approximate surface area is 159 Å². The number of rotatable bonds is 5. The number of fused-ring (bicyclic) bond motifs is 1. The van der Waals surface area contributed by atoms with E-state index in [1.807, 2.05) is 13.0 Å². The normalized spacial score (nSPS) is 15.8. The van der Waals surface area contributed by atoms with Crippen LogP contribution in [-0.2, 0) is 13.0 Å². The van der Waals surface area contributed by atoms with Crippen molar-refractivity contribution < 1.29 is 4.39 Å². The van der Waals surface area contributed by atoms with Crippen LogP contribution in [0.25, 0.3) is 0 Å². The zero-order valence-corrected chi connectivity index (χ0v) is 16.1. The molecule has 2 N–H and O–H groups in total. The summed E-state index contributed by atoms with van der Waals surface area (Å²) < 4.78 is 13.2. The number of halogens is 2. The Hall–Kier alpha value is -1.63. The summed E-state index contributed by atoms with van der Waals surface area (Å²) in [4.78, 5) is 4.54. The molecule has 0 saturated carbocycles. The summed E-state index contributed by atoms with van der Waals surface area (Å²) >= 11 is 0. The largest absolute Gasteiger partial charge is 0.357 e. The van der Waals surface area contributed by atoms with Crippen molar-refractivity contribution in [2.45, 2.75) is 25.8 Å². The van der Waals surface area contributed by atoms with Crippen LogP contribution in [0.15, 0.2) is 53.5 Å². The minimum atomic E-state index is -0.221. The molecule has 3 nitrogen and oxygen atoms in total. The minimum Gasteiger partial charge on any atom is -0.357 e. The predicted octanol–water partition coefficient (Wildman–Crippen LogP) is 3.84. The first kappa shape index (κ1) is 18.7. The van der Waals surface area contributed by atoms with Gasteiger partial charge in [-0.15, -0.1) is 24.0 Å². The maximum absolute atomic E-state index is 13.2. The molecule has 1 aliphatic carbocycles. The highest BCUT2D eigenvalue weighted by Crippen LogP contribution is 2.33. The van der Waals surface area contributed by atoms with Crippen molar-refractivity contribution in [3.63, 3.8) is 0 Å². The number of aliphatic imine (C=N–C) groups is 1. The van der Waals surface area contributed by atoms with E-state index in [1.54, 1.807) is 6.07 Å². The SMILES string of the molecule is CCNC(=NCc1cccc(F)c1)NCC1Cc2ccccc21.I. The molecular weight excluding hydrogens is 416 g/mol. The first-order chi connectivity index (χ1) is 11.3. The summed E-state index contributed by atoms with van der Waals surface area (Å²) in [5.74, 6) is 1.10. The molecule has 0 saturated heterocycles. The van der Waals surface area contributed by atoms with Crippen LogP contribution in [0.5, 0.6) is 0 Å². The van der Waals surface area contributed by atoms with Gasteiger partial charge in [-0.3, -0.25) is 0 Å². The van der Waals surface area contributed by atoms with Gasteiger partial charge in [-0.25, -0.2) is 9.38 Å². The van der Waals surface area contributed by atoms with Crippen molar-refractivity contribution in [1.82, 2.24) is 10.6 Å². The van der Waals surface area contributed by atoms with Crippen molar-refractivity contribution in [3.05, 3.63) is 71.0 Å². The fourth-order valence-electron chi connectivity index (χ4n) is 2.91. The Morgan fingerprint density at radius 2 is 2.00 bits per heavy atom. The lowest BCUT2D eigenvalue weighted by atomic mass is 9.78. The lowest BCUT2D eigenvalue weighted by Gasteiger charge is -2.30. The van der Waals surface area contributed by atoms with Crippen LogP contribution in [0.2, 0.25) is 0 Å². The molecule has 0 fully saturated rings. The molecule has 0 amide bonds. The van der Waals surface area contributed by atoms with Crippen LogP contribution in [-0.4, -0.2) is 19.0 Å². The third kappa shape index (κ3) is 4.69. The molecule has 1 unspecified atom stereocenters. The Kier molecular flexibility index (Phi) is 7.02. The van der Waals surface area contributed by atoms with Gasteiger partial charge in [-0.05, 0) is 42.2 Å². The smallest absolute Gasteiger partial charge is 0.191 e. The number of nitrogens with one attached hydrogen (secondary N) is 2. The maximum Gasteiger partial charge on any atom is 0.191 e. The van der Waals surface area contributed by atoms with E-state index >= 15 is 0 Å². The molecule has 1 aliphatic rings. The van der Waals surface area contributed by atoms with Crippen molar-refractivity contribution >= 4 is 29.9 Å². The van der Waals surface area contributed by atoms with E-state index in [1.165, 1.54) is 23.3 Å². The highest BCUT2D eigenvalue weighted by molar-refractivity contribution is 14.0. The maximum atomic E-state index is 13.2. The number of hydrogen-bond donors (Lipinski definition) is 2. The first-order valence-corrected chi connectivity index (χ1v) is 8.10. The second kappa shape index (κ2) is 9.01. The van der Waals surface area contributed by atoms with Crippen molar-refractivity contribution in [2.24, 2.45) is 4.99 Å². The average Bonchev–Trinajstić information content (AvgIpc) is 2.53. The summed E-state index contributed by atoms with van der Waals surface area (Å²) in [5, 5.41) is 6.63. The zero-order chi connectivity index (χ0) is 16.1. The molecule has 1 atom stereocenters. The van der Waals surface area contributed by atoms with Crippen molar-refractivity contribution in [1.29, 1.82) is 0 Å². The molecule has 24 heavy (non-hydrogen) atoms. The van der Waals surface area contributed by atoms with Crippen LogP contribution in [0.4, 0.5) is 4.39 Å². The van der Waals surface area contributed by atoms with E-state index in [2.05, 4.69) is 39.9 Å². The number of nitrogens with zero attached hydrogens (tertiary/aromatic N) is 1. The highest BCUT2D eigenvalue weighted by atomic mass is 127. The van der Waals surface area contributed by atoms with E-state index in [-0.39, 0.29) is 29.8 Å². The fourth-order valence-corrected chi connectivity index (χ4v) is 2.91. The number of hydrogen-bond acceptors (Lipinski definition) is 1. The van der Waals surface area contributed by atoms with Gasteiger partial charge in [0.2, 0.25) is 0 Å². The van der Waals surface area contributed by atoms with Gasteiger partial charge in [0.15, 0.2) is 5.96 Å². The van der Waals surface area contributed by atoms with Gasteiger partial charge in [0.1, 0.15) is 5.82 Å². The molecule has 0 aliphatic heterocycles. The highest BCUT2D eigenvalue weighted by Gasteiger charge is 2.25. The van der Waals surface area contributed by atoms with E-state index in [0.29, 0.717) is 12.5 Å². The Morgan fingerprint density at radius 1 is 1.17 bits per heavy atom. The Bertz CT molecular complexity index is 703. The topological polar surface area (TPSA) is 36.4 Å². The quantitative estimate of drug-likeness (QED) is 0.422. The van der Waals surface area contributed by atoms with Gasteiger partial charge in [0.05, 0.1) is 6.54 Å². The summed E-state index contributed by atoms with van der Waals surface area (Å²) in [7, 11) is 0. The summed E-state index contributed by atoms with van der Waals surface area (Å²) in [6.07, 6.45) is 1.12. The van der Waals surface area contributed by atoms with Gasteiger partial charge in [0, 0.05) is 19.0 Å². The lowest BCUT2D eigenvalue weighted by molar-refractivity contribution is 0.584. The van der Waals surface area contributed by atoms with Crippen LogP contribution in [0, 0.1) is 5.82 Å². The number of benzene rings is 2. The predicted molar refractivity (Wildman–Crippen MR) is 108 cm³/mol. The van der Waals surface area contributed by atoms with Crippen LogP contribution in [0.1, 0.15) is 29.5 Å². The third-order valence-electron chi connectivity index (χ3n) is 4.13. The van der Waals surface area contributed by atoms with Gasteiger partial charge in [0.25, 0.3) is 0 Å². The molecule has 2 aromatic carbocycles. The molecule has 0 heterocycles. The summed E-state index contributed by atoms with van der Waals surface area (Å²) in [5.41, 5.74) is 3.75. The standard InChI is InChI=1S/C19H22FN3.HI/c1-2-21-19(22-12-14-6-5-8-17(20)10-14)23-13-16-11-15-7-3-4-9-18(15)16;/h3-10,16H,2,11-13H2,1H3,(H2,21,22,23);1H. The fraction of sp³-hybridized carbons (Fsp3) is 0.316. The Balaban J connectivity index is 0.00000208. The van der Waals surface area contributed by atoms with E-state index in [0.717, 1.165) is 31.0 Å². The number of guanidine groups is 1. The first-order valence-electron chi connectivity index (χ1n) is 8.10. The van der Waals surface area contributed by atoms with E-state index < -0.39 is 0 Å². The van der Waals surface area contributed by atoms with Gasteiger partial charge in [-0.1, -0.05) is 36.4 Å². The molecule has 0 bridgehead atoms. The molecular formula is C19H23FIN3. The summed E-state index contributed by atoms with van der Waals surface area (Å²) in [6, 6.07) is 15.1. The van der Waals surface area contributed by atoms with Crippen molar-refractivity contribution in [3.8, 4) is 0 Å². The van der Waals surface area contributed by atoms with Gasteiger partial charge in [-0.2, -0.15) is 0 Å². The molecule has 2 aromatic rings. The van der Waals surface area contributed by atoms with Crippen molar-refractivity contribution in [2.75, 3.05) is 13.1 Å². The molecule has 128 valence electrons. The minimum absolute atomic E-state index is 0. The van der Waals surface area contributed by atoms with Crippen LogP contribution >= 0.6 is 24.0 Å². The Morgan fingerprint density at radius 3 is 2.75 bits per heavy atom. The second-order valence-electron chi connectivity index (χ2n) is 5.81. The van der Waals surface area contributed by atoms with Crippen LogP contribution < -0.4 is 10.6 Å². The molecule has 0 aromatic heterocycles. The molecule has 5 heteroatoms. The molecule has 0 radical (unpaired) electrons. The van der Waals surface area contributed by atoms with E-state index in [9.17, 15) is 4.39 Å². The second-order valence-corrected chi connectivity index (χ2v) is 5.81. The molecule has 3 rings (SSSR count). The van der Waals surface area contributed by atoms with E-state index in [4.69, 9.17) is 0 Å².